The second kappa shape index (κ2) is 5.70. The maximum absolute atomic E-state index is 5.87. The molecule has 3 N–H and O–H groups in total. The van der Waals surface area contributed by atoms with Crippen LogP contribution in [-0.4, -0.2) is 35.1 Å². The summed E-state index contributed by atoms with van der Waals surface area (Å²) < 4.78 is 0. The van der Waals surface area contributed by atoms with Gasteiger partial charge in [0.2, 0.25) is 0 Å². The summed E-state index contributed by atoms with van der Waals surface area (Å²) in [5.41, 5.74) is 9.21. The summed E-state index contributed by atoms with van der Waals surface area (Å²) in [7, 11) is 0. The predicted molar refractivity (Wildman–Crippen MR) is 88.3 cm³/mol. The van der Waals surface area contributed by atoms with E-state index in [9.17, 15) is 0 Å². The summed E-state index contributed by atoms with van der Waals surface area (Å²) in [5, 5.41) is 3.75. The van der Waals surface area contributed by atoms with E-state index >= 15 is 0 Å². The van der Waals surface area contributed by atoms with Gasteiger partial charge in [-0.15, -0.1) is 0 Å². The third kappa shape index (κ3) is 2.54. The minimum Gasteiger partial charge on any atom is -0.389 e. The summed E-state index contributed by atoms with van der Waals surface area (Å²) >= 11 is 5.19. The first-order valence-corrected chi connectivity index (χ1v) is 7.97. The highest BCUT2D eigenvalue weighted by molar-refractivity contribution is 7.80. The van der Waals surface area contributed by atoms with Crippen molar-refractivity contribution >= 4 is 22.9 Å². The normalized spacial score (nSPS) is 26.2. The number of nitrogens with zero attached hydrogens (tertiary/aromatic N) is 1. The Balaban J connectivity index is 1.83. The van der Waals surface area contributed by atoms with Crippen molar-refractivity contribution in [2.24, 2.45) is 5.73 Å². The molecule has 0 aromatic heterocycles. The number of para-hydroxylation sites is 1. The van der Waals surface area contributed by atoms with E-state index in [2.05, 4.69) is 23.2 Å². The zero-order chi connectivity index (χ0) is 14.1. The zero-order valence-corrected chi connectivity index (χ0v) is 12.9. The van der Waals surface area contributed by atoms with Crippen LogP contribution in [0.4, 0.5) is 5.69 Å². The van der Waals surface area contributed by atoms with Crippen molar-refractivity contribution in [3.05, 3.63) is 29.3 Å². The molecule has 20 heavy (non-hydrogen) atoms. The molecule has 2 heterocycles. The summed E-state index contributed by atoms with van der Waals surface area (Å²) in [4.78, 5) is 3.12. The summed E-state index contributed by atoms with van der Waals surface area (Å²) in [6.07, 6.45) is 5.24. The van der Waals surface area contributed by atoms with Gasteiger partial charge in [-0.2, -0.15) is 0 Å². The third-order valence-electron chi connectivity index (χ3n) is 4.72. The van der Waals surface area contributed by atoms with Crippen LogP contribution >= 0.6 is 12.2 Å². The molecule has 1 aromatic rings. The van der Waals surface area contributed by atoms with Crippen LogP contribution in [0.15, 0.2) is 18.2 Å². The number of hydrogen-bond donors (Lipinski definition) is 2. The summed E-state index contributed by atoms with van der Waals surface area (Å²) in [6.45, 7) is 4.60. The van der Waals surface area contributed by atoms with Crippen LogP contribution in [0, 0.1) is 6.92 Å². The number of thiocarbonyl (C=S) groups is 1. The molecule has 0 bridgehead atoms. The largest absolute Gasteiger partial charge is 0.389 e. The first kappa shape index (κ1) is 13.8. The summed E-state index contributed by atoms with van der Waals surface area (Å²) in [6, 6.07) is 7.38. The lowest BCUT2D eigenvalue weighted by molar-refractivity contribution is 0.193. The van der Waals surface area contributed by atoms with E-state index in [0.29, 0.717) is 17.1 Å². The lowest BCUT2D eigenvalue weighted by Gasteiger charge is -2.33. The molecular weight excluding hydrogens is 266 g/mol. The van der Waals surface area contributed by atoms with Crippen LogP contribution in [0.1, 0.15) is 36.8 Å². The average Bonchev–Trinajstić information content (AvgIpc) is 2.84. The maximum atomic E-state index is 5.87. The molecule has 2 fully saturated rings. The fraction of sp³-hybridized carbons (Fsp3) is 0.562. The van der Waals surface area contributed by atoms with Crippen molar-refractivity contribution in [2.45, 2.75) is 44.7 Å². The van der Waals surface area contributed by atoms with Gasteiger partial charge in [-0.25, -0.2) is 0 Å². The van der Waals surface area contributed by atoms with Crippen LogP contribution in [-0.2, 0) is 0 Å². The second-order valence-corrected chi connectivity index (χ2v) is 6.44. The fourth-order valence-electron chi connectivity index (χ4n) is 3.67. The van der Waals surface area contributed by atoms with Gasteiger partial charge in [-0.3, -0.25) is 4.90 Å². The zero-order valence-electron chi connectivity index (χ0n) is 12.1. The SMILES string of the molecule is Cc1cccc(C(N)=S)c1NC1CCN2CCCCC12. The van der Waals surface area contributed by atoms with Gasteiger partial charge in [0.1, 0.15) is 4.99 Å². The Bertz CT molecular complexity index is 514. The van der Waals surface area contributed by atoms with Gasteiger partial charge in [0, 0.05) is 29.9 Å². The lowest BCUT2D eigenvalue weighted by atomic mass is 9.98. The average molecular weight is 289 g/mol. The van der Waals surface area contributed by atoms with Gasteiger partial charge in [0.15, 0.2) is 0 Å². The number of piperidine rings is 1. The molecule has 1 aromatic carbocycles. The van der Waals surface area contributed by atoms with Crippen molar-refractivity contribution in [2.75, 3.05) is 18.4 Å². The first-order valence-electron chi connectivity index (χ1n) is 7.57. The number of anilines is 1. The van der Waals surface area contributed by atoms with E-state index in [-0.39, 0.29) is 0 Å². The molecule has 0 spiro atoms. The molecule has 2 aliphatic heterocycles. The maximum Gasteiger partial charge on any atom is 0.106 e. The number of rotatable bonds is 3. The quantitative estimate of drug-likeness (QED) is 0.840. The van der Waals surface area contributed by atoms with E-state index in [1.807, 2.05) is 12.1 Å². The molecule has 0 radical (unpaired) electrons. The molecule has 0 aliphatic carbocycles. The fourth-order valence-corrected chi connectivity index (χ4v) is 3.84. The Morgan fingerprint density at radius 1 is 1.30 bits per heavy atom. The smallest absolute Gasteiger partial charge is 0.106 e. The highest BCUT2D eigenvalue weighted by Gasteiger charge is 2.35. The predicted octanol–water partition coefficient (Wildman–Crippen LogP) is 2.67. The van der Waals surface area contributed by atoms with Crippen LogP contribution in [0.25, 0.3) is 0 Å². The highest BCUT2D eigenvalue weighted by Crippen LogP contribution is 2.31. The standard InChI is InChI=1S/C16H23N3S/c1-11-5-4-6-12(16(17)20)15(11)18-13-8-10-19-9-3-2-7-14(13)19/h4-6,13-14,18H,2-3,7-10H2,1H3,(H2,17,20). The number of nitrogens with one attached hydrogen (secondary N) is 1. The van der Waals surface area contributed by atoms with Gasteiger partial charge < -0.3 is 11.1 Å². The number of fused-ring (bicyclic) bond motifs is 1. The number of nitrogens with two attached hydrogens (primary N) is 1. The Kier molecular flexibility index (Phi) is 3.94. The Labute approximate surface area is 126 Å². The monoisotopic (exact) mass is 289 g/mol. The van der Waals surface area contributed by atoms with Crippen molar-refractivity contribution < 1.29 is 0 Å². The van der Waals surface area contributed by atoms with Gasteiger partial charge in [0.05, 0.1) is 0 Å². The third-order valence-corrected chi connectivity index (χ3v) is 4.94. The van der Waals surface area contributed by atoms with Crippen LogP contribution in [0.3, 0.4) is 0 Å². The molecule has 4 heteroatoms. The van der Waals surface area contributed by atoms with Crippen molar-refractivity contribution in [3.63, 3.8) is 0 Å². The first-order chi connectivity index (χ1) is 9.66. The van der Waals surface area contributed by atoms with Gasteiger partial charge in [-0.1, -0.05) is 30.8 Å². The number of benzene rings is 1. The van der Waals surface area contributed by atoms with E-state index in [1.54, 1.807) is 0 Å². The Hall–Kier alpha value is -1.13. The molecular formula is C16H23N3S. The molecule has 2 atom stereocenters. The minimum atomic E-state index is 0.481. The van der Waals surface area contributed by atoms with E-state index in [4.69, 9.17) is 18.0 Å². The molecule has 0 amide bonds. The molecule has 108 valence electrons. The van der Waals surface area contributed by atoms with Crippen molar-refractivity contribution in [1.29, 1.82) is 0 Å². The van der Waals surface area contributed by atoms with Crippen molar-refractivity contribution in [1.82, 2.24) is 4.90 Å². The van der Waals surface area contributed by atoms with E-state index in [1.165, 1.54) is 44.3 Å². The van der Waals surface area contributed by atoms with Crippen LogP contribution in [0.2, 0.25) is 0 Å². The molecule has 0 saturated carbocycles. The highest BCUT2D eigenvalue weighted by atomic mass is 32.1. The molecule has 3 rings (SSSR count). The topological polar surface area (TPSA) is 41.3 Å². The van der Waals surface area contributed by atoms with Gasteiger partial charge in [0.25, 0.3) is 0 Å². The molecule has 2 aliphatic rings. The Morgan fingerprint density at radius 3 is 2.95 bits per heavy atom. The van der Waals surface area contributed by atoms with E-state index in [0.717, 1.165) is 11.3 Å². The van der Waals surface area contributed by atoms with Crippen molar-refractivity contribution in [3.8, 4) is 0 Å². The molecule has 2 unspecified atom stereocenters. The van der Waals surface area contributed by atoms with Gasteiger partial charge in [-0.05, 0) is 44.4 Å². The molecule has 3 nitrogen and oxygen atoms in total. The lowest BCUT2D eigenvalue weighted by Crippen LogP contribution is -2.42. The Morgan fingerprint density at radius 2 is 2.15 bits per heavy atom. The number of aryl methyl sites for hydroxylation is 1. The van der Waals surface area contributed by atoms with Crippen LogP contribution in [0.5, 0.6) is 0 Å². The number of hydrogen-bond acceptors (Lipinski definition) is 3. The van der Waals surface area contributed by atoms with Gasteiger partial charge >= 0.3 is 0 Å². The minimum absolute atomic E-state index is 0.481. The molecule has 2 saturated heterocycles. The summed E-state index contributed by atoms with van der Waals surface area (Å²) in [5.74, 6) is 0. The van der Waals surface area contributed by atoms with E-state index < -0.39 is 0 Å². The van der Waals surface area contributed by atoms with Crippen LogP contribution < -0.4 is 11.1 Å². The second-order valence-electron chi connectivity index (χ2n) is 6.00.